The van der Waals surface area contributed by atoms with Crippen molar-refractivity contribution in [1.29, 1.82) is 0 Å². The first-order chi connectivity index (χ1) is 12.0. The summed E-state index contributed by atoms with van der Waals surface area (Å²) in [6.07, 6.45) is 2.39. The fraction of sp³-hybridized carbons (Fsp3) is 0.474. The number of thiazole rings is 1. The Morgan fingerprint density at radius 2 is 1.84 bits per heavy atom. The summed E-state index contributed by atoms with van der Waals surface area (Å²) >= 11 is 1.54. The summed E-state index contributed by atoms with van der Waals surface area (Å²) in [5.74, 6) is 1.69. The van der Waals surface area contributed by atoms with E-state index in [-0.39, 0.29) is 11.9 Å². The summed E-state index contributed by atoms with van der Waals surface area (Å²) < 4.78 is 1.57. The fourth-order valence-corrected chi connectivity index (χ4v) is 4.75. The van der Waals surface area contributed by atoms with Crippen LogP contribution in [0, 0.1) is 19.8 Å². The van der Waals surface area contributed by atoms with Crippen molar-refractivity contribution in [2.24, 2.45) is 5.92 Å². The van der Waals surface area contributed by atoms with Crippen LogP contribution in [0.15, 0.2) is 24.3 Å². The lowest BCUT2D eigenvalue weighted by Crippen LogP contribution is -2.36. The molecule has 1 N–H and O–H groups in total. The number of rotatable bonds is 3. The molecule has 0 bridgehead atoms. The molecule has 132 valence electrons. The van der Waals surface area contributed by atoms with Gasteiger partial charge >= 0.3 is 0 Å². The van der Waals surface area contributed by atoms with Crippen LogP contribution < -0.4 is 0 Å². The van der Waals surface area contributed by atoms with Crippen LogP contribution in [0.4, 0.5) is 0 Å². The summed E-state index contributed by atoms with van der Waals surface area (Å²) in [6, 6.07) is 8.71. The summed E-state index contributed by atoms with van der Waals surface area (Å²) in [5, 5.41) is 15.1. The third-order valence-electron chi connectivity index (χ3n) is 5.13. The molecule has 1 aromatic carbocycles. The average molecular weight is 356 g/mol. The van der Waals surface area contributed by atoms with Crippen LogP contribution in [-0.2, 0) is 0 Å². The highest BCUT2D eigenvalue weighted by Crippen LogP contribution is 2.41. The number of piperidine rings is 1. The zero-order valence-corrected chi connectivity index (χ0v) is 15.8. The van der Waals surface area contributed by atoms with Gasteiger partial charge in [-0.05, 0) is 51.3 Å². The minimum absolute atomic E-state index is 0.0573. The second-order valence-corrected chi connectivity index (χ2v) is 8.18. The van der Waals surface area contributed by atoms with Crippen molar-refractivity contribution in [3.8, 4) is 5.88 Å². The molecule has 0 aliphatic carbocycles. The fourth-order valence-electron chi connectivity index (χ4n) is 3.59. The quantitative estimate of drug-likeness (QED) is 0.772. The maximum atomic E-state index is 10.8. The van der Waals surface area contributed by atoms with Gasteiger partial charge in [0.05, 0.1) is 10.9 Å². The van der Waals surface area contributed by atoms with Crippen molar-refractivity contribution in [3.63, 3.8) is 0 Å². The Kier molecular flexibility index (Phi) is 4.25. The van der Waals surface area contributed by atoms with Crippen LogP contribution >= 0.6 is 11.3 Å². The smallest absolute Gasteiger partial charge is 0.230 e. The number of fused-ring (bicyclic) bond motifs is 1. The molecule has 0 spiro atoms. The van der Waals surface area contributed by atoms with E-state index in [4.69, 9.17) is 0 Å². The van der Waals surface area contributed by atoms with E-state index in [1.165, 1.54) is 24.0 Å². The Morgan fingerprint density at radius 3 is 2.48 bits per heavy atom. The number of hydrogen-bond acceptors (Lipinski definition) is 5. The highest BCUT2D eigenvalue weighted by atomic mass is 32.1. The monoisotopic (exact) mass is 356 g/mol. The Balaban J connectivity index is 1.79. The van der Waals surface area contributed by atoms with Gasteiger partial charge in [0, 0.05) is 0 Å². The third kappa shape index (κ3) is 3.04. The van der Waals surface area contributed by atoms with E-state index in [0.717, 1.165) is 28.8 Å². The molecule has 1 unspecified atom stereocenters. The van der Waals surface area contributed by atoms with Crippen LogP contribution in [-0.4, -0.2) is 37.7 Å². The molecule has 1 saturated heterocycles. The molecule has 1 aliphatic rings. The predicted octanol–water partition coefficient (Wildman–Crippen LogP) is 3.93. The lowest BCUT2D eigenvalue weighted by molar-refractivity contribution is 0.157. The first-order valence-corrected chi connectivity index (χ1v) is 9.70. The molecule has 5 nitrogen and oxygen atoms in total. The molecule has 6 heteroatoms. The molecular weight excluding hydrogens is 332 g/mol. The van der Waals surface area contributed by atoms with Crippen LogP contribution in [0.25, 0.3) is 4.96 Å². The Labute approximate surface area is 151 Å². The van der Waals surface area contributed by atoms with Crippen molar-refractivity contribution in [1.82, 2.24) is 19.5 Å². The second-order valence-electron chi connectivity index (χ2n) is 7.18. The average Bonchev–Trinajstić information content (AvgIpc) is 3.09. The van der Waals surface area contributed by atoms with Crippen LogP contribution in [0.1, 0.15) is 47.6 Å². The normalized spacial score (nSPS) is 18.0. The molecule has 0 radical (unpaired) electrons. The number of aromatic nitrogens is 3. The molecule has 25 heavy (non-hydrogen) atoms. The maximum absolute atomic E-state index is 10.8. The number of aryl methyl sites for hydroxylation is 2. The van der Waals surface area contributed by atoms with Gasteiger partial charge in [0.1, 0.15) is 5.82 Å². The predicted molar refractivity (Wildman–Crippen MR) is 100 cm³/mol. The minimum Gasteiger partial charge on any atom is -0.492 e. The molecule has 3 heterocycles. The largest absolute Gasteiger partial charge is 0.492 e. The zero-order chi connectivity index (χ0) is 17.6. The molecule has 2 aromatic heterocycles. The number of aromatic hydroxyl groups is 1. The molecule has 3 aromatic rings. The van der Waals surface area contributed by atoms with Crippen LogP contribution in [0.2, 0.25) is 0 Å². The van der Waals surface area contributed by atoms with Crippen molar-refractivity contribution >= 4 is 16.3 Å². The summed E-state index contributed by atoms with van der Waals surface area (Å²) in [6.45, 7) is 8.37. The van der Waals surface area contributed by atoms with Gasteiger partial charge in [0.25, 0.3) is 0 Å². The van der Waals surface area contributed by atoms with E-state index in [1.54, 1.807) is 15.9 Å². The summed E-state index contributed by atoms with van der Waals surface area (Å²) in [4.78, 5) is 8.62. The Morgan fingerprint density at radius 1 is 1.16 bits per heavy atom. The topological polar surface area (TPSA) is 53.7 Å². The van der Waals surface area contributed by atoms with E-state index in [1.807, 2.05) is 6.92 Å². The van der Waals surface area contributed by atoms with E-state index in [2.05, 4.69) is 53.1 Å². The van der Waals surface area contributed by atoms with Gasteiger partial charge < -0.3 is 5.11 Å². The van der Waals surface area contributed by atoms with Gasteiger partial charge in [-0.15, -0.1) is 5.10 Å². The van der Waals surface area contributed by atoms with Gasteiger partial charge in [-0.1, -0.05) is 48.1 Å². The highest BCUT2D eigenvalue weighted by molar-refractivity contribution is 7.17. The maximum Gasteiger partial charge on any atom is 0.230 e. The van der Waals surface area contributed by atoms with Crippen molar-refractivity contribution in [2.75, 3.05) is 13.1 Å². The molecule has 0 amide bonds. The minimum atomic E-state index is 0.0573. The lowest BCUT2D eigenvalue weighted by atomic mass is 9.95. The van der Waals surface area contributed by atoms with Gasteiger partial charge in [0.15, 0.2) is 0 Å². The second kappa shape index (κ2) is 6.42. The van der Waals surface area contributed by atoms with E-state index < -0.39 is 0 Å². The van der Waals surface area contributed by atoms with Gasteiger partial charge in [0.2, 0.25) is 10.8 Å². The Bertz CT molecular complexity index is 875. The third-order valence-corrected chi connectivity index (χ3v) is 6.20. The van der Waals surface area contributed by atoms with E-state index in [0.29, 0.717) is 5.82 Å². The highest BCUT2D eigenvalue weighted by Gasteiger charge is 2.31. The van der Waals surface area contributed by atoms with Crippen molar-refractivity contribution in [3.05, 3.63) is 46.1 Å². The van der Waals surface area contributed by atoms with Crippen LogP contribution in [0.3, 0.4) is 0 Å². The van der Waals surface area contributed by atoms with E-state index in [9.17, 15) is 5.11 Å². The number of hydrogen-bond donors (Lipinski definition) is 1. The zero-order valence-electron chi connectivity index (χ0n) is 14.9. The molecule has 0 saturated carbocycles. The summed E-state index contributed by atoms with van der Waals surface area (Å²) in [7, 11) is 0. The number of benzene rings is 1. The van der Waals surface area contributed by atoms with Crippen molar-refractivity contribution < 1.29 is 5.11 Å². The SMILES string of the molecule is Cc1ccc(C(c2sc3nc(C)nn3c2O)N2CCC(C)CC2)cc1. The van der Waals surface area contributed by atoms with Gasteiger partial charge in [-0.25, -0.2) is 4.98 Å². The first kappa shape index (κ1) is 16.5. The number of likely N-dealkylation sites (tertiary alicyclic amines) is 1. The van der Waals surface area contributed by atoms with Crippen molar-refractivity contribution in [2.45, 2.75) is 39.7 Å². The molecule has 1 fully saturated rings. The molecule has 4 rings (SSSR count). The van der Waals surface area contributed by atoms with E-state index >= 15 is 0 Å². The lowest BCUT2D eigenvalue weighted by Gasteiger charge is -2.36. The van der Waals surface area contributed by atoms with Gasteiger partial charge in [-0.3, -0.25) is 4.90 Å². The molecule has 1 aliphatic heterocycles. The first-order valence-electron chi connectivity index (χ1n) is 8.88. The standard InChI is InChI=1S/C19H24N4OS/c1-12-4-6-15(7-5-12)16(22-10-8-13(2)9-11-22)17-18(24)23-19(25-17)20-14(3)21-23/h4-7,13,16,24H,8-11H2,1-3H3. The summed E-state index contributed by atoms with van der Waals surface area (Å²) in [5.41, 5.74) is 2.47. The Hall–Kier alpha value is -1.92. The molecular formula is C19H24N4OS. The van der Waals surface area contributed by atoms with Gasteiger partial charge in [-0.2, -0.15) is 4.52 Å². The van der Waals surface area contributed by atoms with Crippen LogP contribution in [0.5, 0.6) is 5.88 Å². The molecule has 1 atom stereocenters. The number of nitrogens with zero attached hydrogens (tertiary/aromatic N) is 4.